The van der Waals surface area contributed by atoms with Crippen LogP contribution in [0.25, 0.3) is 33.9 Å². The van der Waals surface area contributed by atoms with Crippen molar-refractivity contribution in [1.82, 2.24) is 9.97 Å². The van der Waals surface area contributed by atoms with Gasteiger partial charge in [-0.2, -0.15) is 0 Å². The van der Waals surface area contributed by atoms with Gasteiger partial charge in [0, 0.05) is 22.3 Å². The molecule has 1 aromatic heterocycles. The Labute approximate surface area is 150 Å². The smallest absolute Gasteiger partial charge is 0.150 e. The van der Waals surface area contributed by atoms with Crippen LogP contribution in [0.4, 0.5) is 0 Å². The predicted octanol–water partition coefficient (Wildman–Crippen LogP) is 4.93. The summed E-state index contributed by atoms with van der Waals surface area (Å²) in [6.45, 7) is 0. The number of nitrogens with one attached hydrogen (secondary N) is 1. The number of aromatic nitrogens is 2. The number of phenols is 1. The van der Waals surface area contributed by atoms with Crippen LogP contribution in [0.5, 0.6) is 5.75 Å². The predicted molar refractivity (Wildman–Crippen MR) is 102 cm³/mol. The molecule has 0 fully saturated rings. The van der Waals surface area contributed by atoms with Gasteiger partial charge in [-0.3, -0.25) is 4.79 Å². The highest BCUT2D eigenvalue weighted by Crippen LogP contribution is 2.34. The molecule has 4 rings (SSSR count). The van der Waals surface area contributed by atoms with E-state index in [-0.39, 0.29) is 5.75 Å². The Balaban J connectivity index is 1.94. The van der Waals surface area contributed by atoms with Gasteiger partial charge in [-0.25, -0.2) is 4.98 Å². The van der Waals surface area contributed by atoms with E-state index in [0.717, 1.165) is 34.4 Å². The Kier molecular flexibility index (Phi) is 4.07. The fourth-order valence-corrected chi connectivity index (χ4v) is 2.96. The van der Waals surface area contributed by atoms with Crippen LogP contribution >= 0.6 is 0 Å². The SMILES string of the molecule is O=Cc1ccccc1-c1[nH]c(-c2ccc(O)cc2)nc1-c1ccccc1. The summed E-state index contributed by atoms with van der Waals surface area (Å²) in [5.74, 6) is 0.884. The zero-order valence-corrected chi connectivity index (χ0v) is 13.9. The fourth-order valence-electron chi connectivity index (χ4n) is 2.96. The second-order valence-corrected chi connectivity index (χ2v) is 5.93. The third-order valence-corrected chi connectivity index (χ3v) is 4.25. The lowest BCUT2D eigenvalue weighted by Gasteiger charge is -2.05. The molecule has 1 heterocycles. The fraction of sp³-hybridized carbons (Fsp3) is 0. The minimum Gasteiger partial charge on any atom is -0.508 e. The van der Waals surface area contributed by atoms with Crippen molar-refractivity contribution in [3.05, 3.63) is 84.4 Å². The number of rotatable bonds is 4. The van der Waals surface area contributed by atoms with Crippen LogP contribution in [-0.4, -0.2) is 21.4 Å². The van der Waals surface area contributed by atoms with Crippen molar-refractivity contribution in [3.8, 4) is 39.7 Å². The molecule has 4 heteroatoms. The van der Waals surface area contributed by atoms with Crippen molar-refractivity contribution in [1.29, 1.82) is 0 Å². The van der Waals surface area contributed by atoms with Gasteiger partial charge in [0.1, 0.15) is 11.6 Å². The van der Waals surface area contributed by atoms with E-state index in [1.54, 1.807) is 30.3 Å². The van der Waals surface area contributed by atoms with E-state index < -0.39 is 0 Å². The number of carbonyl (C=O) groups is 1. The van der Waals surface area contributed by atoms with Crippen molar-refractivity contribution < 1.29 is 9.90 Å². The molecule has 0 saturated heterocycles. The number of hydrogen-bond donors (Lipinski definition) is 2. The molecule has 0 aliphatic heterocycles. The molecule has 0 aliphatic rings. The molecular weight excluding hydrogens is 324 g/mol. The van der Waals surface area contributed by atoms with Gasteiger partial charge in [0.05, 0.1) is 11.4 Å². The second-order valence-electron chi connectivity index (χ2n) is 5.93. The number of aromatic hydroxyl groups is 1. The maximum absolute atomic E-state index is 11.5. The molecule has 0 radical (unpaired) electrons. The molecule has 2 N–H and O–H groups in total. The van der Waals surface area contributed by atoms with E-state index in [2.05, 4.69) is 4.98 Å². The topological polar surface area (TPSA) is 66.0 Å². The van der Waals surface area contributed by atoms with Gasteiger partial charge >= 0.3 is 0 Å². The lowest BCUT2D eigenvalue weighted by Crippen LogP contribution is -1.89. The number of phenolic OH excluding ortho intramolecular Hbond substituents is 1. The van der Waals surface area contributed by atoms with Crippen molar-refractivity contribution in [2.75, 3.05) is 0 Å². The largest absolute Gasteiger partial charge is 0.508 e. The Morgan fingerprint density at radius 2 is 1.50 bits per heavy atom. The zero-order chi connectivity index (χ0) is 17.9. The summed E-state index contributed by atoms with van der Waals surface area (Å²) >= 11 is 0. The number of carbonyl (C=O) groups excluding carboxylic acids is 1. The Bertz CT molecular complexity index is 1050. The molecule has 0 saturated carbocycles. The molecule has 0 amide bonds. The first-order valence-electron chi connectivity index (χ1n) is 8.25. The van der Waals surface area contributed by atoms with E-state index >= 15 is 0 Å². The van der Waals surface area contributed by atoms with E-state index in [1.165, 1.54) is 0 Å². The minimum absolute atomic E-state index is 0.204. The van der Waals surface area contributed by atoms with Gasteiger partial charge in [0.15, 0.2) is 6.29 Å². The first kappa shape index (κ1) is 15.8. The van der Waals surface area contributed by atoms with Crippen molar-refractivity contribution in [2.24, 2.45) is 0 Å². The van der Waals surface area contributed by atoms with Gasteiger partial charge < -0.3 is 10.1 Å². The van der Waals surface area contributed by atoms with Crippen LogP contribution in [0.1, 0.15) is 10.4 Å². The molecule has 26 heavy (non-hydrogen) atoms. The third kappa shape index (κ3) is 2.89. The van der Waals surface area contributed by atoms with Crippen LogP contribution in [0, 0.1) is 0 Å². The summed E-state index contributed by atoms with van der Waals surface area (Å²) in [5, 5.41) is 9.52. The summed E-state index contributed by atoms with van der Waals surface area (Å²) < 4.78 is 0. The summed E-state index contributed by atoms with van der Waals surface area (Å²) in [4.78, 5) is 19.6. The average Bonchev–Trinajstić information content (AvgIpc) is 3.14. The van der Waals surface area contributed by atoms with Crippen LogP contribution in [-0.2, 0) is 0 Å². The standard InChI is InChI=1S/C22H16N2O2/c25-14-17-8-4-5-9-19(17)21-20(15-6-2-1-3-7-15)23-22(24-21)16-10-12-18(26)13-11-16/h1-14,26H,(H,23,24). The maximum Gasteiger partial charge on any atom is 0.150 e. The molecular formula is C22H16N2O2. The molecule has 0 unspecified atom stereocenters. The molecule has 0 spiro atoms. The Hall–Kier alpha value is -3.66. The van der Waals surface area contributed by atoms with E-state index in [9.17, 15) is 9.90 Å². The highest BCUT2D eigenvalue weighted by Gasteiger charge is 2.17. The second kappa shape index (κ2) is 6.69. The molecule has 0 aliphatic carbocycles. The van der Waals surface area contributed by atoms with Gasteiger partial charge in [-0.15, -0.1) is 0 Å². The number of benzene rings is 3. The van der Waals surface area contributed by atoms with E-state index in [4.69, 9.17) is 4.98 Å². The number of aldehydes is 1. The normalized spacial score (nSPS) is 10.6. The number of hydrogen-bond acceptors (Lipinski definition) is 3. The monoisotopic (exact) mass is 340 g/mol. The van der Waals surface area contributed by atoms with Crippen LogP contribution < -0.4 is 0 Å². The third-order valence-electron chi connectivity index (χ3n) is 4.25. The number of H-pyrrole nitrogens is 1. The highest BCUT2D eigenvalue weighted by atomic mass is 16.3. The summed E-state index contributed by atoms with van der Waals surface area (Å²) in [5.41, 5.74) is 4.80. The number of imidazole rings is 1. The first-order chi connectivity index (χ1) is 12.8. The molecule has 4 aromatic rings. The highest BCUT2D eigenvalue weighted by molar-refractivity contribution is 5.91. The first-order valence-corrected chi connectivity index (χ1v) is 8.25. The minimum atomic E-state index is 0.204. The van der Waals surface area contributed by atoms with Crippen molar-refractivity contribution >= 4 is 6.29 Å². The van der Waals surface area contributed by atoms with E-state index in [1.807, 2.05) is 48.5 Å². The van der Waals surface area contributed by atoms with Crippen molar-refractivity contribution in [3.63, 3.8) is 0 Å². The number of aromatic amines is 1. The lowest BCUT2D eigenvalue weighted by atomic mass is 10.0. The summed E-state index contributed by atoms with van der Waals surface area (Å²) in [6.07, 6.45) is 0.852. The quantitative estimate of drug-likeness (QED) is 0.518. The average molecular weight is 340 g/mol. The zero-order valence-electron chi connectivity index (χ0n) is 13.9. The molecule has 4 nitrogen and oxygen atoms in total. The van der Waals surface area contributed by atoms with Crippen LogP contribution in [0.2, 0.25) is 0 Å². The van der Waals surface area contributed by atoms with Gasteiger partial charge in [0.25, 0.3) is 0 Å². The van der Waals surface area contributed by atoms with Crippen LogP contribution in [0.15, 0.2) is 78.9 Å². The molecule has 0 bridgehead atoms. The summed E-state index contributed by atoms with van der Waals surface area (Å²) in [6, 6.07) is 24.1. The maximum atomic E-state index is 11.5. The molecule has 126 valence electrons. The van der Waals surface area contributed by atoms with Crippen molar-refractivity contribution in [2.45, 2.75) is 0 Å². The van der Waals surface area contributed by atoms with Gasteiger partial charge in [-0.05, 0) is 24.3 Å². The van der Waals surface area contributed by atoms with Gasteiger partial charge in [-0.1, -0.05) is 54.6 Å². The Morgan fingerprint density at radius 3 is 2.23 bits per heavy atom. The lowest BCUT2D eigenvalue weighted by molar-refractivity contribution is 0.112. The molecule has 0 atom stereocenters. The van der Waals surface area contributed by atoms with Crippen LogP contribution in [0.3, 0.4) is 0 Å². The molecule has 3 aromatic carbocycles. The number of nitrogens with zero attached hydrogens (tertiary/aromatic N) is 1. The summed E-state index contributed by atoms with van der Waals surface area (Å²) in [7, 11) is 0. The van der Waals surface area contributed by atoms with Gasteiger partial charge in [0.2, 0.25) is 0 Å². The Morgan fingerprint density at radius 1 is 0.808 bits per heavy atom. The van der Waals surface area contributed by atoms with E-state index in [0.29, 0.717) is 11.4 Å².